The second-order valence-electron chi connectivity index (χ2n) is 6.29. The fourth-order valence-corrected chi connectivity index (χ4v) is 5.13. The number of imidazole rings is 1. The van der Waals surface area contributed by atoms with Gasteiger partial charge in [-0.15, -0.1) is 36.2 Å². The number of hydrogen-bond donors (Lipinski definition) is 1. The summed E-state index contributed by atoms with van der Waals surface area (Å²) in [5, 5.41) is 4.33. The van der Waals surface area contributed by atoms with Crippen LogP contribution in [-0.4, -0.2) is 59.1 Å². The van der Waals surface area contributed by atoms with Crippen LogP contribution < -0.4 is 10.2 Å². The van der Waals surface area contributed by atoms with Crippen LogP contribution in [0, 0.1) is 0 Å². The average Bonchev–Trinajstić information content (AvgIpc) is 3.28. The summed E-state index contributed by atoms with van der Waals surface area (Å²) in [4.78, 5) is 27.8. The Morgan fingerprint density at radius 3 is 2.74 bits per heavy atom. The van der Waals surface area contributed by atoms with Crippen LogP contribution in [0.5, 0.6) is 0 Å². The van der Waals surface area contributed by atoms with Gasteiger partial charge in [0.2, 0.25) is 0 Å². The van der Waals surface area contributed by atoms with Crippen molar-refractivity contribution in [2.75, 3.05) is 38.6 Å². The SMILES string of the molecule is CN(C)c1nc2sc(C(=O)N3CCNCC3c3nccn3C)cc2s1.Cl.Cl. The molecule has 1 atom stereocenters. The Balaban J connectivity index is 0.00000131. The maximum atomic E-state index is 13.1. The summed E-state index contributed by atoms with van der Waals surface area (Å²) >= 11 is 3.09. The first-order valence-corrected chi connectivity index (χ1v) is 9.74. The zero-order valence-electron chi connectivity index (χ0n) is 15.2. The number of halogens is 2. The van der Waals surface area contributed by atoms with Crippen LogP contribution in [-0.2, 0) is 7.05 Å². The molecule has 0 radical (unpaired) electrons. The number of rotatable bonds is 3. The molecule has 27 heavy (non-hydrogen) atoms. The van der Waals surface area contributed by atoms with E-state index in [9.17, 15) is 4.79 Å². The third kappa shape index (κ3) is 4.07. The van der Waals surface area contributed by atoms with Crippen LogP contribution in [0.15, 0.2) is 18.5 Å². The smallest absolute Gasteiger partial charge is 0.264 e. The number of piperazine rings is 1. The molecular weight excluding hydrogens is 427 g/mol. The first-order chi connectivity index (χ1) is 12.0. The minimum Gasteiger partial charge on any atom is -0.354 e. The summed E-state index contributed by atoms with van der Waals surface area (Å²) in [5.74, 6) is 0.975. The molecule has 1 aliphatic heterocycles. The van der Waals surface area contributed by atoms with E-state index in [2.05, 4.69) is 15.3 Å². The molecule has 3 aromatic rings. The van der Waals surface area contributed by atoms with E-state index < -0.39 is 0 Å². The molecule has 0 bridgehead atoms. The van der Waals surface area contributed by atoms with Gasteiger partial charge in [-0.05, 0) is 6.07 Å². The minimum atomic E-state index is -0.0494. The zero-order chi connectivity index (χ0) is 17.6. The number of thiophene rings is 1. The van der Waals surface area contributed by atoms with E-state index in [1.807, 2.05) is 47.8 Å². The molecule has 0 saturated carbocycles. The molecule has 1 saturated heterocycles. The van der Waals surface area contributed by atoms with Crippen LogP contribution in [0.25, 0.3) is 9.53 Å². The van der Waals surface area contributed by atoms with Crippen molar-refractivity contribution in [3.63, 3.8) is 0 Å². The molecule has 7 nitrogen and oxygen atoms in total. The summed E-state index contributed by atoms with van der Waals surface area (Å²) in [5.41, 5.74) is 0. The lowest BCUT2D eigenvalue weighted by molar-refractivity contribution is 0.0626. The highest BCUT2D eigenvalue weighted by molar-refractivity contribution is 7.29. The second-order valence-corrected chi connectivity index (χ2v) is 8.33. The molecule has 0 aromatic carbocycles. The number of aryl methyl sites for hydroxylation is 1. The van der Waals surface area contributed by atoms with Gasteiger partial charge in [-0.2, -0.15) is 0 Å². The third-order valence-electron chi connectivity index (χ3n) is 4.33. The van der Waals surface area contributed by atoms with Crippen molar-refractivity contribution in [3.05, 3.63) is 29.2 Å². The molecule has 1 aliphatic rings. The van der Waals surface area contributed by atoms with E-state index in [-0.39, 0.29) is 36.8 Å². The van der Waals surface area contributed by atoms with Gasteiger partial charge >= 0.3 is 0 Å². The van der Waals surface area contributed by atoms with Crippen LogP contribution in [0.4, 0.5) is 5.13 Å². The van der Waals surface area contributed by atoms with Crippen LogP contribution in [0.2, 0.25) is 0 Å². The van der Waals surface area contributed by atoms with Gasteiger partial charge in [-0.1, -0.05) is 11.3 Å². The van der Waals surface area contributed by atoms with Crippen molar-refractivity contribution < 1.29 is 4.79 Å². The van der Waals surface area contributed by atoms with Crippen LogP contribution in [0.1, 0.15) is 21.5 Å². The van der Waals surface area contributed by atoms with Crippen LogP contribution in [0.3, 0.4) is 0 Å². The van der Waals surface area contributed by atoms with Gasteiger partial charge in [0.05, 0.1) is 9.58 Å². The van der Waals surface area contributed by atoms with E-state index in [1.165, 1.54) is 11.3 Å². The molecule has 1 amide bonds. The highest BCUT2D eigenvalue weighted by Gasteiger charge is 2.32. The van der Waals surface area contributed by atoms with E-state index in [0.29, 0.717) is 6.54 Å². The van der Waals surface area contributed by atoms with Crippen molar-refractivity contribution >= 4 is 68.1 Å². The summed E-state index contributed by atoms with van der Waals surface area (Å²) in [6.45, 7) is 2.20. The number of amides is 1. The van der Waals surface area contributed by atoms with Gasteiger partial charge in [0.25, 0.3) is 5.91 Å². The summed E-state index contributed by atoms with van der Waals surface area (Å²) in [6, 6.07) is 1.93. The molecule has 1 unspecified atom stereocenters. The lowest BCUT2D eigenvalue weighted by Gasteiger charge is -2.35. The Hall–Kier alpha value is -1.39. The monoisotopic (exact) mass is 448 g/mol. The predicted molar refractivity (Wildman–Crippen MR) is 116 cm³/mol. The van der Waals surface area contributed by atoms with E-state index >= 15 is 0 Å². The summed E-state index contributed by atoms with van der Waals surface area (Å²) in [7, 11) is 5.92. The molecule has 0 spiro atoms. The maximum absolute atomic E-state index is 13.1. The van der Waals surface area contributed by atoms with E-state index in [0.717, 1.165) is 38.5 Å². The second kappa shape index (κ2) is 8.74. The fraction of sp³-hybridized carbons (Fsp3) is 0.438. The Morgan fingerprint density at radius 1 is 1.33 bits per heavy atom. The average molecular weight is 449 g/mol. The number of carbonyl (C=O) groups excluding carboxylic acids is 1. The molecular formula is C16H22Cl2N6OS2. The molecule has 1 fully saturated rings. The van der Waals surface area contributed by atoms with Gasteiger partial charge in [-0.3, -0.25) is 4.79 Å². The number of nitrogens with one attached hydrogen (secondary N) is 1. The molecule has 3 aromatic heterocycles. The topological polar surface area (TPSA) is 66.3 Å². The highest BCUT2D eigenvalue weighted by Crippen LogP contribution is 2.35. The number of nitrogens with zero attached hydrogens (tertiary/aromatic N) is 5. The molecule has 1 N–H and O–H groups in total. The maximum Gasteiger partial charge on any atom is 0.264 e. The molecule has 4 heterocycles. The van der Waals surface area contributed by atoms with Gasteiger partial charge in [0, 0.05) is 53.2 Å². The highest BCUT2D eigenvalue weighted by atomic mass is 35.5. The van der Waals surface area contributed by atoms with Gasteiger partial charge in [0.1, 0.15) is 16.7 Å². The van der Waals surface area contributed by atoms with Gasteiger partial charge in [-0.25, -0.2) is 9.97 Å². The number of thiazole rings is 1. The van der Waals surface area contributed by atoms with E-state index in [1.54, 1.807) is 17.5 Å². The number of aromatic nitrogens is 3. The van der Waals surface area contributed by atoms with Crippen molar-refractivity contribution in [2.24, 2.45) is 7.05 Å². The molecule has 11 heteroatoms. The first kappa shape index (κ1) is 21.9. The number of hydrogen-bond acceptors (Lipinski definition) is 7. The number of fused-ring (bicyclic) bond motifs is 1. The van der Waals surface area contributed by atoms with E-state index in [4.69, 9.17) is 0 Å². The van der Waals surface area contributed by atoms with Crippen LogP contribution >= 0.6 is 47.5 Å². The fourth-order valence-electron chi connectivity index (χ4n) is 3.04. The lowest BCUT2D eigenvalue weighted by atomic mass is 10.1. The minimum absolute atomic E-state index is 0. The Kier molecular flexibility index (Phi) is 7.09. The zero-order valence-corrected chi connectivity index (χ0v) is 18.5. The van der Waals surface area contributed by atoms with Crippen molar-refractivity contribution in [3.8, 4) is 0 Å². The van der Waals surface area contributed by atoms with Gasteiger partial charge < -0.3 is 19.7 Å². The standard InChI is InChI=1S/C16H20N6OS2.2ClH/c1-20(2)16-19-14-11(25-16)8-12(24-14)15(23)22-7-4-17-9-10(22)13-18-5-6-21(13)3;;/h5-6,8,10,17H,4,7,9H2,1-3H3;2*1H. The number of carbonyl (C=O) groups is 1. The van der Waals surface area contributed by atoms with Gasteiger partial charge in [0.15, 0.2) is 5.13 Å². The predicted octanol–water partition coefficient (Wildman–Crippen LogP) is 2.79. The normalized spacial score (nSPS) is 16.7. The first-order valence-electron chi connectivity index (χ1n) is 8.11. The Morgan fingerprint density at radius 2 is 2.11 bits per heavy atom. The molecule has 148 valence electrons. The molecule has 0 aliphatic carbocycles. The molecule has 4 rings (SSSR count). The number of anilines is 1. The van der Waals surface area contributed by atoms with Crippen molar-refractivity contribution in [2.45, 2.75) is 6.04 Å². The summed E-state index contributed by atoms with van der Waals surface area (Å²) < 4.78 is 3.05. The quantitative estimate of drug-likeness (QED) is 0.666. The van der Waals surface area contributed by atoms with Crippen molar-refractivity contribution in [1.29, 1.82) is 0 Å². The van der Waals surface area contributed by atoms with Crippen molar-refractivity contribution in [1.82, 2.24) is 24.8 Å². The third-order valence-corrected chi connectivity index (χ3v) is 6.65. The lowest BCUT2D eigenvalue weighted by Crippen LogP contribution is -2.49. The summed E-state index contributed by atoms with van der Waals surface area (Å²) in [6.07, 6.45) is 3.70. The Labute approximate surface area is 178 Å². The Bertz CT molecular complexity index is 890. The largest absolute Gasteiger partial charge is 0.354 e.